The lowest BCUT2D eigenvalue weighted by molar-refractivity contribution is -0.267. The van der Waals surface area contributed by atoms with Crippen LogP contribution < -0.4 is 4.74 Å². The van der Waals surface area contributed by atoms with E-state index in [9.17, 15) is 40.0 Å². The Hall–Kier alpha value is -0.0900. The molecule has 16 heteroatoms. The standard InChI is InChI=1S/C21H18F5I3O7S/c22-20(23,24)15(21(25,26)37(32,33)34)36-17(31)19-6-9-1-10(7-19)5-18(4-9,8-19)16(30)35-14-12(28)2-11(27)3-13(14)29/h2-3,9-10,15H,1,4-8H2,(H,32,33,34). The summed E-state index contributed by atoms with van der Waals surface area (Å²) in [6.45, 7) is 0. The van der Waals surface area contributed by atoms with Crippen LogP contribution in [0.1, 0.15) is 38.5 Å². The highest BCUT2D eigenvalue weighted by atomic mass is 127. The lowest BCUT2D eigenvalue weighted by Crippen LogP contribution is -2.60. The Kier molecular flexibility index (Phi) is 7.89. The van der Waals surface area contributed by atoms with Crippen LogP contribution in [0.4, 0.5) is 22.0 Å². The molecule has 0 radical (unpaired) electrons. The zero-order chi connectivity index (χ0) is 27.8. The van der Waals surface area contributed by atoms with Gasteiger partial charge in [0, 0.05) is 3.57 Å². The van der Waals surface area contributed by atoms with Crippen LogP contribution >= 0.6 is 67.8 Å². The fraction of sp³-hybridized carbons (Fsp3) is 0.619. The zero-order valence-electron chi connectivity index (χ0n) is 18.5. The molecule has 3 atom stereocenters. The number of halogens is 8. The highest BCUT2D eigenvalue weighted by Gasteiger charge is 2.69. The topological polar surface area (TPSA) is 107 Å². The van der Waals surface area contributed by atoms with Crippen molar-refractivity contribution < 1.29 is 54.0 Å². The molecule has 1 N–H and O–H groups in total. The van der Waals surface area contributed by atoms with E-state index in [1.54, 1.807) is 12.1 Å². The van der Waals surface area contributed by atoms with Crippen molar-refractivity contribution in [3.8, 4) is 5.75 Å². The molecule has 4 aliphatic rings. The summed E-state index contributed by atoms with van der Waals surface area (Å²) in [5.41, 5.74) is -2.94. The molecular weight excluding hydrogens is 872 g/mol. The number of hydrogen-bond acceptors (Lipinski definition) is 6. The SMILES string of the molecule is O=C(Oc1c(I)cc(I)cc1I)C12CC3CC(C1)CC(C(=O)OC(C(F)(F)F)C(F)(F)S(=O)(=O)O)(C3)C2. The van der Waals surface area contributed by atoms with Gasteiger partial charge in [-0.1, -0.05) is 0 Å². The number of hydrogen-bond donors (Lipinski definition) is 1. The molecule has 0 aromatic heterocycles. The molecule has 0 saturated heterocycles. The quantitative estimate of drug-likeness (QED) is 0.124. The van der Waals surface area contributed by atoms with Gasteiger partial charge >= 0.3 is 33.5 Å². The molecule has 7 nitrogen and oxygen atoms in total. The molecule has 0 amide bonds. The monoisotopic (exact) mass is 890 g/mol. The van der Waals surface area contributed by atoms with E-state index < -0.39 is 50.4 Å². The Bertz CT molecular complexity index is 1220. The van der Waals surface area contributed by atoms with Crippen molar-refractivity contribution >= 4 is 89.8 Å². The molecule has 4 saturated carbocycles. The predicted octanol–water partition coefficient (Wildman–Crippen LogP) is 5.95. The lowest BCUT2D eigenvalue weighted by Gasteiger charge is -2.59. The van der Waals surface area contributed by atoms with E-state index in [-0.39, 0.29) is 31.1 Å². The van der Waals surface area contributed by atoms with Gasteiger partial charge in [-0.25, -0.2) is 0 Å². The molecule has 0 spiro atoms. The van der Waals surface area contributed by atoms with Gasteiger partial charge in [-0.3, -0.25) is 14.1 Å². The van der Waals surface area contributed by atoms with Gasteiger partial charge in [0.15, 0.2) is 5.75 Å². The third kappa shape index (κ3) is 5.47. The van der Waals surface area contributed by atoms with Crippen LogP contribution in [-0.2, 0) is 24.4 Å². The average molecular weight is 890 g/mol. The van der Waals surface area contributed by atoms with E-state index in [1.807, 2.05) is 45.2 Å². The van der Waals surface area contributed by atoms with Crippen molar-refractivity contribution in [3.05, 3.63) is 22.8 Å². The van der Waals surface area contributed by atoms with Crippen LogP contribution in [0.5, 0.6) is 5.75 Å². The maximum atomic E-state index is 14.1. The van der Waals surface area contributed by atoms with E-state index in [4.69, 9.17) is 9.29 Å². The van der Waals surface area contributed by atoms with Gasteiger partial charge in [0.1, 0.15) is 0 Å². The molecule has 4 aliphatic carbocycles. The minimum absolute atomic E-state index is 0.0119. The molecule has 4 bridgehead atoms. The molecule has 37 heavy (non-hydrogen) atoms. The van der Waals surface area contributed by atoms with Crippen LogP contribution in [0.25, 0.3) is 0 Å². The molecular formula is C21H18F5I3O7S. The second-order valence-corrected chi connectivity index (χ2v) is 15.0. The summed E-state index contributed by atoms with van der Waals surface area (Å²) in [4.78, 5) is 26.6. The predicted molar refractivity (Wildman–Crippen MR) is 142 cm³/mol. The largest absolute Gasteiger partial charge is 0.444 e. The normalized spacial score (nSPS) is 30.2. The average Bonchev–Trinajstić information content (AvgIpc) is 2.71. The van der Waals surface area contributed by atoms with Crippen molar-refractivity contribution in [1.82, 2.24) is 0 Å². The number of rotatable bonds is 6. The number of benzene rings is 1. The molecule has 0 heterocycles. The first-order valence-electron chi connectivity index (χ1n) is 10.8. The van der Waals surface area contributed by atoms with Crippen molar-refractivity contribution in [3.63, 3.8) is 0 Å². The Morgan fingerprint density at radius 3 is 1.84 bits per heavy atom. The molecule has 206 valence electrons. The van der Waals surface area contributed by atoms with Crippen LogP contribution in [-0.4, -0.2) is 42.4 Å². The number of alkyl halides is 5. The molecule has 3 unspecified atom stereocenters. The van der Waals surface area contributed by atoms with Crippen molar-refractivity contribution in [2.24, 2.45) is 22.7 Å². The van der Waals surface area contributed by atoms with Gasteiger partial charge in [-0.05, 0) is 130 Å². The molecule has 1 aromatic carbocycles. The summed E-state index contributed by atoms with van der Waals surface area (Å²) in [5.74, 6) is -2.54. The van der Waals surface area contributed by atoms with Crippen LogP contribution in [0.15, 0.2) is 12.1 Å². The highest BCUT2D eigenvalue weighted by molar-refractivity contribution is 14.1. The second kappa shape index (κ2) is 9.78. The van der Waals surface area contributed by atoms with E-state index in [0.717, 1.165) is 3.57 Å². The number of esters is 2. The summed E-state index contributed by atoms with van der Waals surface area (Å²) in [6, 6.07) is 3.58. The fourth-order valence-electron chi connectivity index (χ4n) is 6.26. The Balaban J connectivity index is 1.64. The van der Waals surface area contributed by atoms with Gasteiger partial charge in [0.2, 0.25) is 0 Å². The Labute approximate surface area is 249 Å². The number of ether oxygens (including phenoxy) is 2. The summed E-state index contributed by atoms with van der Waals surface area (Å²) >= 11 is 6.11. The number of carbonyl (C=O) groups is 2. The maximum absolute atomic E-state index is 14.1. The Morgan fingerprint density at radius 2 is 1.41 bits per heavy atom. The van der Waals surface area contributed by atoms with Crippen molar-refractivity contribution in [2.75, 3.05) is 0 Å². The fourth-order valence-corrected chi connectivity index (χ4v) is 10.5. The zero-order valence-corrected chi connectivity index (χ0v) is 25.7. The third-order valence-electron chi connectivity index (χ3n) is 7.26. The number of carbonyl (C=O) groups excluding carboxylic acids is 2. The van der Waals surface area contributed by atoms with Gasteiger partial charge in [0.05, 0.1) is 18.0 Å². The van der Waals surface area contributed by atoms with E-state index in [0.29, 0.717) is 32.2 Å². The molecule has 5 rings (SSSR count). The van der Waals surface area contributed by atoms with Crippen LogP contribution in [0.2, 0.25) is 0 Å². The van der Waals surface area contributed by atoms with Gasteiger partial charge in [-0.2, -0.15) is 30.4 Å². The summed E-state index contributed by atoms with van der Waals surface area (Å²) in [6.07, 6.45) is -9.41. The van der Waals surface area contributed by atoms with E-state index >= 15 is 0 Å². The lowest BCUT2D eigenvalue weighted by atomic mass is 9.44. The van der Waals surface area contributed by atoms with Crippen LogP contribution in [0, 0.1) is 33.4 Å². The van der Waals surface area contributed by atoms with E-state index in [1.165, 1.54) is 0 Å². The summed E-state index contributed by atoms with van der Waals surface area (Å²) in [7, 11) is -6.56. The minimum Gasteiger partial charge on any atom is -0.444 e. The first-order chi connectivity index (χ1) is 16.8. The molecule has 1 aromatic rings. The smallest absolute Gasteiger partial charge is 0.432 e. The van der Waals surface area contributed by atoms with Gasteiger partial charge in [-0.15, -0.1) is 0 Å². The first kappa shape index (κ1) is 29.9. The minimum atomic E-state index is -6.56. The Morgan fingerprint density at radius 1 is 0.946 bits per heavy atom. The first-order valence-corrected chi connectivity index (χ1v) is 15.5. The third-order valence-corrected chi connectivity index (χ3v) is 10.4. The van der Waals surface area contributed by atoms with Crippen LogP contribution in [0.3, 0.4) is 0 Å². The maximum Gasteiger partial charge on any atom is 0.432 e. The second-order valence-electron chi connectivity index (χ2n) is 9.97. The highest BCUT2D eigenvalue weighted by Crippen LogP contribution is 2.66. The van der Waals surface area contributed by atoms with Gasteiger partial charge in [0.25, 0.3) is 6.10 Å². The van der Waals surface area contributed by atoms with Gasteiger partial charge < -0.3 is 9.47 Å². The summed E-state index contributed by atoms with van der Waals surface area (Å²) in [5, 5.41) is -5.82. The van der Waals surface area contributed by atoms with Crippen molar-refractivity contribution in [2.45, 2.75) is 56.1 Å². The summed E-state index contributed by atoms with van der Waals surface area (Å²) < 4.78 is 111. The molecule has 4 fully saturated rings. The van der Waals surface area contributed by atoms with Crippen molar-refractivity contribution in [1.29, 1.82) is 0 Å². The molecule has 0 aliphatic heterocycles. The van der Waals surface area contributed by atoms with E-state index in [2.05, 4.69) is 27.3 Å².